The van der Waals surface area contributed by atoms with Crippen LogP contribution in [0.25, 0.3) is 16.4 Å². The number of para-hydroxylation sites is 1. The van der Waals surface area contributed by atoms with Crippen molar-refractivity contribution in [1.82, 2.24) is 14.6 Å². The van der Waals surface area contributed by atoms with E-state index in [2.05, 4.69) is 26.0 Å². The van der Waals surface area contributed by atoms with Crippen LogP contribution in [0.4, 0.5) is 5.95 Å². The van der Waals surface area contributed by atoms with Gasteiger partial charge in [-0.3, -0.25) is 0 Å². The molecule has 0 amide bonds. The van der Waals surface area contributed by atoms with E-state index in [-0.39, 0.29) is 0 Å². The fourth-order valence-electron chi connectivity index (χ4n) is 1.69. The van der Waals surface area contributed by atoms with Gasteiger partial charge in [0.2, 0.25) is 5.95 Å². The number of halogens is 1. The van der Waals surface area contributed by atoms with Gasteiger partial charge in [-0.2, -0.15) is 9.61 Å². The van der Waals surface area contributed by atoms with Gasteiger partial charge in [0.05, 0.1) is 21.7 Å². The molecule has 0 bridgehead atoms. The van der Waals surface area contributed by atoms with Gasteiger partial charge in [-0.15, -0.1) is 0 Å². The van der Waals surface area contributed by atoms with Crippen LogP contribution in [-0.4, -0.2) is 14.6 Å². The summed E-state index contributed by atoms with van der Waals surface area (Å²) in [4.78, 5) is 4.27. The summed E-state index contributed by atoms with van der Waals surface area (Å²) in [6, 6.07) is 7.85. The summed E-state index contributed by atoms with van der Waals surface area (Å²) in [6.45, 7) is 0. The molecule has 0 unspecified atom stereocenters. The molecule has 1 aromatic carbocycles. The fourth-order valence-corrected chi connectivity index (χ4v) is 2.16. The third-order valence-corrected chi connectivity index (χ3v) is 2.92. The Morgan fingerprint density at radius 2 is 2.07 bits per heavy atom. The van der Waals surface area contributed by atoms with Gasteiger partial charge in [-0.05, 0) is 22.0 Å². The number of nitrogens with two attached hydrogens (primary N) is 1. The lowest BCUT2D eigenvalue weighted by Gasteiger charge is -2.03. The van der Waals surface area contributed by atoms with Crippen LogP contribution in [-0.2, 0) is 0 Å². The maximum atomic E-state index is 5.80. The minimum Gasteiger partial charge on any atom is -0.368 e. The number of benzene rings is 1. The first-order chi connectivity index (χ1) is 7.27. The first-order valence-electron chi connectivity index (χ1n) is 4.45. The maximum Gasteiger partial charge on any atom is 0.222 e. The normalized spacial score (nSPS) is 11.3. The van der Waals surface area contributed by atoms with Crippen molar-refractivity contribution in [2.24, 2.45) is 0 Å². The van der Waals surface area contributed by atoms with Gasteiger partial charge in [-0.1, -0.05) is 18.2 Å². The van der Waals surface area contributed by atoms with Crippen LogP contribution in [0.1, 0.15) is 0 Å². The van der Waals surface area contributed by atoms with E-state index in [0.29, 0.717) is 5.95 Å². The molecule has 0 spiro atoms. The Labute approximate surface area is 93.8 Å². The molecule has 4 nitrogen and oxygen atoms in total. The van der Waals surface area contributed by atoms with E-state index in [9.17, 15) is 0 Å². The predicted octanol–water partition coefficient (Wildman–Crippen LogP) is 2.23. The largest absolute Gasteiger partial charge is 0.368 e. The van der Waals surface area contributed by atoms with E-state index < -0.39 is 0 Å². The Balaban J connectivity index is 2.67. The summed E-state index contributed by atoms with van der Waals surface area (Å²) in [5.41, 5.74) is 7.64. The highest BCUT2D eigenvalue weighted by atomic mass is 79.9. The molecule has 0 aliphatic heterocycles. The molecule has 3 aromatic rings. The van der Waals surface area contributed by atoms with E-state index >= 15 is 0 Å². The average Bonchev–Trinajstić information content (AvgIpc) is 2.62. The van der Waals surface area contributed by atoms with Crippen molar-refractivity contribution in [3.05, 3.63) is 34.9 Å². The summed E-state index contributed by atoms with van der Waals surface area (Å²) in [5, 5.41) is 5.19. The molecule has 0 saturated carbocycles. The molecule has 74 valence electrons. The summed E-state index contributed by atoms with van der Waals surface area (Å²) >= 11 is 3.46. The molecule has 2 aromatic heterocycles. The molecule has 0 fully saturated rings. The number of aromatic nitrogens is 3. The zero-order valence-corrected chi connectivity index (χ0v) is 9.27. The van der Waals surface area contributed by atoms with Crippen molar-refractivity contribution in [3.8, 4) is 0 Å². The first-order valence-corrected chi connectivity index (χ1v) is 5.24. The van der Waals surface area contributed by atoms with Gasteiger partial charge in [0.15, 0.2) is 0 Å². The van der Waals surface area contributed by atoms with Crippen molar-refractivity contribution in [3.63, 3.8) is 0 Å². The van der Waals surface area contributed by atoms with Crippen molar-refractivity contribution in [1.29, 1.82) is 0 Å². The van der Waals surface area contributed by atoms with Crippen molar-refractivity contribution in [2.45, 2.75) is 0 Å². The van der Waals surface area contributed by atoms with Crippen molar-refractivity contribution < 1.29 is 0 Å². The topological polar surface area (TPSA) is 56.2 Å². The predicted molar refractivity (Wildman–Crippen MR) is 62.6 cm³/mol. The zero-order valence-electron chi connectivity index (χ0n) is 7.68. The van der Waals surface area contributed by atoms with Crippen molar-refractivity contribution >= 4 is 38.3 Å². The highest BCUT2D eigenvalue weighted by Crippen LogP contribution is 2.26. The fraction of sp³-hybridized carbons (Fsp3) is 0. The quantitative estimate of drug-likeness (QED) is 0.676. The third kappa shape index (κ3) is 1.13. The van der Waals surface area contributed by atoms with Crippen LogP contribution in [0.2, 0.25) is 0 Å². The van der Waals surface area contributed by atoms with E-state index in [1.54, 1.807) is 10.7 Å². The lowest BCUT2D eigenvalue weighted by molar-refractivity contribution is 0.951. The van der Waals surface area contributed by atoms with E-state index in [4.69, 9.17) is 5.73 Å². The van der Waals surface area contributed by atoms with Crippen LogP contribution in [0, 0.1) is 0 Å². The Kier molecular flexibility index (Phi) is 1.70. The number of hydrogen-bond acceptors (Lipinski definition) is 3. The number of fused-ring (bicyclic) bond motifs is 3. The Bertz CT molecular complexity index is 659. The lowest BCUT2D eigenvalue weighted by Crippen LogP contribution is -2.01. The third-order valence-electron chi connectivity index (χ3n) is 2.34. The zero-order chi connectivity index (χ0) is 10.4. The van der Waals surface area contributed by atoms with Gasteiger partial charge in [0.25, 0.3) is 0 Å². The van der Waals surface area contributed by atoms with Gasteiger partial charge in [0.1, 0.15) is 0 Å². The first kappa shape index (κ1) is 8.67. The van der Waals surface area contributed by atoms with Gasteiger partial charge in [-0.25, -0.2) is 4.98 Å². The molecule has 0 aliphatic rings. The second-order valence-electron chi connectivity index (χ2n) is 3.24. The number of nitrogen functional groups attached to an aromatic ring is 1. The number of nitrogens with zero attached hydrogens (tertiary/aromatic N) is 3. The van der Waals surface area contributed by atoms with Crippen LogP contribution in [0.5, 0.6) is 0 Å². The number of hydrogen-bond donors (Lipinski definition) is 1. The summed E-state index contributed by atoms with van der Waals surface area (Å²) in [5.74, 6) is 0.398. The monoisotopic (exact) mass is 262 g/mol. The molecule has 15 heavy (non-hydrogen) atoms. The Morgan fingerprint density at radius 1 is 1.27 bits per heavy atom. The second-order valence-corrected chi connectivity index (χ2v) is 4.09. The molecular weight excluding hydrogens is 256 g/mol. The molecule has 2 heterocycles. The van der Waals surface area contributed by atoms with Gasteiger partial charge < -0.3 is 5.73 Å². The summed E-state index contributed by atoms with van der Waals surface area (Å²) < 4.78 is 2.56. The van der Waals surface area contributed by atoms with Crippen LogP contribution in [0.3, 0.4) is 0 Å². The lowest BCUT2D eigenvalue weighted by atomic mass is 10.2. The molecule has 0 atom stereocenters. The molecular formula is C10H7BrN4. The smallest absolute Gasteiger partial charge is 0.222 e. The second kappa shape index (κ2) is 2.93. The number of anilines is 1. The summed E-state index contributed by atoms with van der Waals surface area (Å²) in [7, 11) is 0. The maximum absolute atomic E-state index is 5.80. The van der Waals surface area contributed by atoms with E-state index in [1.807, 2.05) is 24.3 Å². The van der Waals surface area contributed by atoms with Crippen molar-refractivity contribution in [2.75, 3.05) is 5.73 Å². The standard InChI is InChI=1S/C10H7BrN4/c11-7-5-13-15-9(7)6-3-1-2-4-8(6)14-10(15)12/h1-5H,(H2,12,14). The number of rotatable bonds is 0. The Hall–Kier alpha value is -1.62. The van der Waals surface area contributed by atoms with Crippen LogP contribution < -0.4 is 5.73 Å². The van der Waals surface area contributed by atoms with E-state index in [1.165, 1.54) is 0 Å². The van der Waals surface area contributed by atoms with Crippen LogP contribution >= 0.6 is 15.9 Å². The van der Waals surface area contributed by atoms with Crippen LogP contribution in [0.15, 0.2) is 34.9 Å². The molecule has 0 radical (unpaired) electrons. The summed E-state index contributed by atoms with van der Waals surface area (Å²) in [6.07, 6.45) is 1.72. The molecule has 2 N–H and O–H groups in total. The molecule has 5 heteroatoms. The minimum absolute atomic E-state index is 0.398. The average molecular weight is 263 g/mol. The SMILES string of the molecule is Nc1nc2ccccc2c2c(Br)cnn12. The minimum atomic E-state index is 0.398. The molecule has 0 saturated heterocycles. The highest BCUT2D eigenvalue weighted by molar-refractivity contribution is 9.10. The molecule has 3 rings (SSSR count). The highest BCUT2D eigenvalue weighted by Gasteiger charge is 2.09. The Morgan fingerprint density at radius 3 is 2.93 bits per heavy atom. The van der Waals surface area contributed by atoms with E-state index in [0.717, 1.165) is 20.9 Å². The van der Waals surface area contributed by atoms with Gasteiger partial charge >= 0.3 is 0 Å². The van der Waals surface area contributed by atoms with Gasteiger partial charge in [0, 0.05) is 5.39 Å². The molecule has 0 aliphatic carbocycles.